The van der Waals surface area contributed by atoms with Crippen molar-refractivity contribution in [2.75, 3.05) is 39.3 Å². The van der Waals surface area contributed by atoms with Crippen molar-refractivity contribution < 1.29 is 14.7 Å². The average Bonchev–Trinajstić information content (AvgIpc) is 2.35. The summed E-state index contributed by atoms with van der Waals surface area (Å²) in [5, 5.41) is 8.73. The lowest BCUT2D eigenvalue weighted by molar-refractivity contribution is -0.138. The van der Waals surface area contributed by atoms with Crippen LogP contribution in [0.15, 0.2) is 12.7 Å². The maximum Gasteiger partial charge on any atom is 0.320 e. The van der Waals surface area contributed by atoms with Gasteiger partial charge in [0.15, 0.2) is 0 Å². The normalized spacial score (nSPS) is 16.5. The average molecular weight is 269 g/mol. The van der Waals surface area contributed by atoms with Crippen LogP contribution in [0.2, 0.25) is 0 Å². The molecule has 0 spiro atoms. The number of piperazine rings is 1. The molecule has 0 bridgehead atoms. The highest BCUT2D eigenvalue weighted by molar-refractivity contribution is 5.75. The summed E-state index contributed by atoms with van der Waals surface area (Å²) >= 11 is 0. The molecule has 1 heterocycles. The molecule has 0 radical (unpaired) electrons. The summed E-state index contributed by atoms with van der Waals surface area (Å²) in [6, 6.07) is 0.132. The summed E-state index contributed by atoms with van der Waals surface area (Å²) in [5.41, 5.74) is 0. The number of carbonyl (C=O) groups is 2. The minimum atomic E-state index is -0.824. The lowest BCUT2D eigenvalue weighted by atomic mass is 10.3. The standard InChI is InChI=1S/C13H23N3O3/c1-4-5-16(11(2)3)13(19)15-8-6-14(7-9-15)10-12(17)18/h4,11H,1,5-10H2,2-3H3,(H,17,18). The fourth-order valence-corrected chi connectivity index (χ4v) is 2.12. The van der Waals surface area contributed by atoms with Gasteiger partial charge in [0.25, 0.3) is 0 Å². The first-order chi connectivity index (χ1) is 8.95. The molecule has 0 aromatic rings. The van der Waals surface area contributed by atoms with E-state index < -0.39 is 5.97 Å². The molecule has 19 heavy (non-hydrogen) atoms. The van der Waals surface area contributed by atoms with E-state index in [0.717, 1.165) is 0 Å². The molecule has 1 N–H and O–H groups in total. The lowest BCUT2D eigenvalue weighted by Gasteiger charge is -2.38. The Morgan fingerprint density at radius 3 is 2.32 bits per heavy atom. The highest BCUT2D eigenvalue weighted by atomic mass is 16.4. The Bertz CT molecular complexity index is 336. The van der Waals surface area contributed by atoms with Crippen LogP contribution in [0.25, 0.3) is 0 Å². The predicted octanol–water partition coefficient (Wildman–Crippen LogP) is 0.705. The van der Waals surface area contributed by atoms with Crippen LogP contribution in [-0.2, 0) is 4.79 Å². The molecule has 1 aliphatic rings. The maximum absolute atomic E-state index is 12.3. The number of hydrogen-bond acceptors (Lipinski definition) is 3. The van der Waals surface area contributed by atoms with Gasteiger partial charge in [0, 0.05) is 38.8 Å². The maximum atomic E-state index is 12.3. The molecule has 1 rings (SSSR count). The zero-order valence-electron chi connectivity index (χ0n) is 11.7. The van der Waals surface area contributed by atoms with Crippen LogP contribution in [-0.4, -0.2) is 77.1 Å². The fraction of sp³-hybridized carbons (Fsp3) is 0.692. The summed E-state index contributed by atoms with van der Waals surface area (Å²) in [4.78, 5) is 28.3. The van der Waals surface area contributed by atoms with Crippen molar-refractivity contribution in [3.63, 3.8) is 0 Å². The first kappa shape index (κ1) is 15.5. The number of nitrogens with zero attached hydrogens (tertiary/aromatic N) is 3. The Morgan fingerprint density at radius 1 is 1.32 bits per heavy atom. The Kier molecular flexibility index (Phi) is 5.82. The Labute approximate surface area is 114 Å². The zero-order chi connectivity index (χ0) is 14.4. The second-order valence-corrected chi connectivity index (χ2v) is 4.97. The monoisotopic (exact) mass is 269 g/mol. The van der Waals surface area contributed by atoms with Gasteiger partial charge in [0.1, 0.15) is 0 Å². The van der Waals surface area contributed by atoms with Gasteiger partial charge >= 0.3 is 12.0 Å². The van der Waals surface area contributed by atoms with Crippen LogP contribution in [0, 0.1) is 0 Å². The molecule has 0 aromatic carbocycles. The lowest BCUT2D eigenvalue weighted by Crippen LogP contribution is -2.54. The molecule has 0 unspecified atom stereocenters. The van der Waals surface area contributed by atoms with E-state index in [1.165, 1.54) is 0 Å². The van der Waals surface area contributed by atoms with Crippen LogP contribution < -0.4 is 0 Å². The second kappa shape index (κ2) is 7.13. The highest BCUT2D eigenvalue weighted by Gasteiger charge is 2.26. The largest absolute Gasteiger partial charge is 0.480 e. The van der Waals surface area contributed by atoms with E-state index in [1.54, 1.807) is 15.9 Å². The van der Waals surface area contributed by atoms with E-state index in [0.29, 0.717) is 32.7 Å². The summed E-state index contributed by atoms with van der Waals surface area (Å²) in [7, 11) is 0. The van der Waals surface area contributed by atoms with Gasteiger partial charge in [0.05, 0.1) is 6.54 Å². The molecule has 1 fully saturated rings. The van der Waals surface area contributed by atoms with Gasteiger partial charge in [-0.25, -0.2) is 4.79 Å². The van der Waals surface area contributed by atoms with E-state index in [4.69, 9.17) is 5.11 Å². The van der Waals surface area contributed by atoms with E-state index >= 15 is 0 Å². The molecule has 108 valence electrons. The number of amides is 2. The molecule has 0 saturated carbocycles. The van der Waals surface area contributed by atoms with Crippen molar-refractivity contribution in [3.8, 4) is 0 Å². The smallest absolute Gasteiger partial charge is 0.320 e. The number of carboxylic acid groups (broad SMARTS) is 1. The summed E-state index contributed by atoms with van der Waals surface area (Å²) in [6.45, 7) is 10.6. The molecule has 0 aliphatic carbocycles. The molecule has 6 heteroatoms. The number of aliphatic carboxylic acids is 1. The fourth-order valence-electron chi connectivity index (χ4n) is 2.12. The minimum absolute atomic E-state index is 0.00451. The summed E-state index contributed by atoms with van der Waals surface area (Å²) in [5.74, 6) is -0.824. The first-order valence-corrected chi connectivity index (χ1v) is 6.56. The first-order valence-electron chi connectivity index (χ1n) is 6.56. The third-order valence-corrected chi connectivity index (χ3v) is 3.20. The quantitative estimate of drug-likeness (QED) is 0.746. The highest BCUT2D eigenvalue weighted by Crippen LogP contribution is 2.08. The van der Waals surface area contributed by atoms with Crippen LogP contribution in [0.4, 0.5) is 4.79 Å². The van der Waals surface area contributed by atoms with E-state index in [2.05, 4.69) is 6.58 Å². The van der Waals surface area contributed by atoms with Crippen LogP contribution in [0.3, 0.4) is 0 Å². The van der Waals surface area contributed by atoms with Gasteiger partial charge in [0.2, 0.25) is 0 Å². The number of urea groups is 1. The van der Waals surface area contributed by atoms with Crippen molar-refractivity contribution in [2.24, 2.45) is 0 Å². The molecule has 1 saturated heterocycles. The van der Waals surface area contributed by atoms with Gasteiger partial charge < -0.3 is 14.9 Å². The molecule has 1 aliphatic heterocycles. The van der Waals surface area contributed by atoms with Gasteiger partial charge in [-0.05, 0) is 13.8 Å². The van der Waals surface area contributed by atoms with Crippen LogP contribution in [0.1, 0.15) is 13.8 Å². The summed E-state index contributed by atoms with van der Waals surface area (Å²) in [6.07, 6.45) is 1.72. The number of hydrogen-bond donors (Lipinski definition) is 1. The van der Waals surface area contributed by atoms with Crippen molar-refractivity contribution in [3.05, 3.63) is 12.7 Å². The third-order valence-electron chi connectivity index (χ3n) is 3.20. The van der Waals surface area contributed by atoms with Crippen LogP contribution in [0.5, 0.6) is 0 Å². The van der Waals surface area contributed by atoms with Crippen molar-refractivity contribution in [1.29, 1.82) is 0 Å². The van der Waals surface area contributed by atoms with Crippen molar-refractivity contribution in [1.82, 2.24) is 14.7 Å². The Morgan fingerprint density at radius 2 is 1.89 bits per heavy atom. The SMILES string of the molecule is C=CCN(C(=O)N1CCN(CC(=O)O)CC1)C(C)C. The second-order valence-electron chi connectivity index (χ2n) is 4.97. The molecule has 0 aromatic heterocycles. The number of rotatable bonds is 5. The molecular weight excluding hydrogens is 246 g/mol. The van der Waals surface area contributed by atoms with E-state index in [9.17, 15) is 9.59 Å². The van der Waals surface area contributed by atoms with Crippen LogP contribution >= 0.6 is 0 Å². The minimum Gasteiger partial charge on any atom is -0.480 e. The summed E-state index contributed by atoms with van der Waals surface area (Å²) < 4.78 is 0. The number of carbonyl (C=O) groups excluding carboxylic acids is 1. The van der Waals surface area contributed by atoms with Gasteiger partial charge in [-0.2, -0.15) is 0 Å². The van der Waals surface area contributed by atoms with Gasteiger partial charge in [-0.15, -0.1) is 6.58 Å². The van der Waals surface area contributed by atoms with E-state index in [-0.39, 0.29) is 18.6 Å². The molecular formula is C13H23N3O3. The predicted molar refractivity (Wildman–Crippen MR) is 73.1 cm³/mol. The Balaban J connectivity index is 2.51. The van der Waals surface area contributed by atoms with Crippen molar-refractivity contribution >= 4 is 12.0 Å². The number of carboxylic acids is 1. The van der Waals surface area contributed by atoms with E-state index in [1.807, 2.05) is 18.7 Å². The van der Waals surface area contributed by atoms with Gasteiger partial charge in [-0.1, -0.05) is 6.08 Å². The molecule has 0 atom stereocenters. The van der Waals surface area contributed by atoms with Gasteiger partial charge in [-0.3, -0.25) is 9.69 Å². The Hall–Kier alpha value is -1.56. The molecule has 2 amide bonds. The molecule has 6 nitrogen and oxygen atoms in total. The third kappa shape index (κ3) is 4.55. The van der Waals surface area contributed by atoms with Crippen molar-refractivity contribution in [2.45, 2.75) is 19.9 Å². The zero-order valence-corrected chi connectivity index (χ0v) is 11.7. The topological polar surface area (TPSA) is 64.1 Å².